The van der Waals surface area contributed by atoms with Crippen molar-refractivity contribution < 1.29 is 0 Å². The molecule has 0 amide bonds. The molecule has 2 unspecified atom stereocenters. The van der Waals surface area contributed by atoms with Gasteiger partial charge in [0, 0.05) is 0 Å². The maximum atomic E-state index is 4.18. The second kappa shape index (κ2) is 9.48. The zero-order valence-electron chi connectivity index (χ0n) is 11.4. The lowest BCUT2D eigenvalue weighted by Crippen LogP contribution is -1.99. The Morgan fingerprint density at radius 3 is 2.56 bits per heavy atom. The molecule has 0 rings (SSSR count). The summed E-state index contributed by atoms with van der Waals surface area (Å²) in [5, 5.41) is 0. The standard InChI is InChI=1S/C16H28/c1-6-8-12-15(4)16(5)13-9-11-14(3)10-7-2/h8,14-15H,1,5,7,9-13H2,2-4H3. The summed E-state index contributed by atoms with van der Waals surface area (Å²) in [6.45, 7) is 14.6. The molecule has 0 bridgehead atoms. The molecule has 0 fully saturated rings. The van der Waals surface area contributed by atoms with E-state index in [1.54, 1.807) is 0 Å². The molecule has 0 aromatic rings. The van der Waals surface area contributed by atoms with E-state index < -0.39 is 0 Å². The van der Waals surface area contributed by atoms with E-state index >= 15 is 0 Å². The third-order valence-corrected chi connectivity index (χ3v) is 3.29. The molecule has 16 heavy (non-hydrogen) atoms. The SMILES string of the molecule is C=C=CCC(C)C(=C)CCCC(C)CCC. The van der Waals surface area contributed by atoms with Crippen LogP contribution < -0.4 is 0 Å². The van der Waals surface area contributed by atoms with Gasteiger partial charge in [-0.05, 0) is 37.2 Å². The van der Waals surface area contributed by atoms with Crippen LogP contribution in [0.1, 0.15) is 59.3 Å². The Kier molecular flexibility index (Phi) is 9.04. The predicted octanol–water partition coefficient (Wildman–Crippen LogP) is 5.52. The summed E-state index contributed by atoms with van der Waals surface area (Å²) < 4.78 is 0. The summed E-state index contributed by atoms with van der Waals surface area (Å²) in [4.78, 5) is 0. The van der Waals surface area contributed by atoms with Crippen molar-refractivity contribution in [3.05, 3.63) is 30.5 Å². The average Bonchev–Trinajstić information content (AvgIpc) is 2.26. The molecule has 0 saturated carbocycles. The van der Waals surface area contributed by atoms with Crippen LogP contribution in [0.15, 0.2) is 30.5 Å². The highest BCUT2D eigenvalue weighted by Crippen LogP contribution is 2.21. The molecule has 0 aromatic carbocycles. The van der Waals surface area contributed by atoms with Gasteiger partial charge in [0.05, 0.1) is 0 Å². The van der Waals surface area contributed by atoms with Gasteiger partial charge in [-0.2, -0.15) is 0 Å². The molecule has 0 heterocycles. The molecule has 0 aliphatic rings. The summed E-state index contributed by atoms with van der Waals surface area (Å²) >= 11 is 0. The van der Waals surface area contributed by atoms with Crippen LogP contribution in [-0.4, -0.2) is 0 Å². The van der Waals surface area contributed by atoms with Gasteiger partial charge in [-0.1, -0.05) is 58.8 Å². The van der Waals surface area contributed by atoms with Crippen molar-refractivity contribution in [3.63, 3.8) is 0 Å². The first-order valence-corrected chi connectivity index (χ1v) is 6.63. The van der Waals surface area contributed by atoms with Crippen molar-refractivity contribution in [2.75, 3.05) is 0 Å². The molecule has 92 valence electrons. The second-order valence-corrected chi connectivity index (χ2v) is 4.99. The van der Waals surface area contributed by atoms with Gasteiger partial charge in [-0.25, -0.2) is 0 Å². The lowest BCUT2D eigenvalue weighted by Gasteiger charge is -2.14. The third-order valence-electron chi connectivity index (χ3n) is 3.29. The number of hydrogen-bond donors (Lipinski definition) is 0. The van der Waals surface area contributed by atoms with Gasteiger partial charge in [0.2, 0.25) is 0 Å². The van der Waals surface area contributed by atoms with Gasteiger partial charge in [0.15, 0.2) is 0 Å². The summed E-state index contributed by atoms with van der Waals surface area (Å²) in [5.41, 5.74) is 4.21. The molecule has 0 aliphatic carbocycles. The summed E-state index contributed by atoms with van der Waals surface area (Å²) in [6, 6.07) is 0. The van der Waals surface area contributed by atoms with Gasteiger partial charge in [-0.3, -0.25) is 0 Å². The molecule has 0 heteroatoms. The minimum atomic E-state index is 0.579. The monoisotopic (exact) mass is 220 g/mol. The van der Waals surface area contributed by atoms with E-state index in [9.17, 15) is 0 Å². The van der Waals surface area contributed by atoms with E-state index in [1.807, 2.05) is 6.08 Å². The number of hydrogen-bond acceptors (Lipinski definition) is 0. The Morgan fingerprint density at radius 1 is 1.31 bits per heavy atom. The second-order valence-electron chi connectivity index (χ2n) is 4.99. The minimum absolute atomic E-state index is 0.579. The average molecular weight is 220 g/mol. The molecule has 0 nitrogen and oxygen atoms in total. The minimum Gasteiger partial charge on any atom is -0.133 e. The van der Waals surface area contributed by atoms with Crippen LogP contribution in [0, 0.1) is 11.8 Å². The molecule has 2 atom stereocenters. The lowest BCUT2D eigenvalue weighted by atomic mass is 9.92. The summed E-state index contributed by atoms with van der Waals surface area (Å²) in [6.07, 6.45) is 9.53. The van der Waals surface area contributed by atoms with Crippen molar-refractivity contribution in [1.82, 2.24) is 0 Å². The van der Waals surface area contributed by atoms with Gasteiger partial charge >= 0.3 is 0 Å². The van der Waals surface area contributed by atoms with Gasteiger partial charge < -0.3 is 0 Å². The Hall–Kier alpha value is -0.740. The van der Waals surface area contributed by atoms with Crippen molar-refractivity contribution in [2.45, 2.75) is 59.3 Å². The van der Waals surface area contributed by atoms with E-state index in [0.29, 0.717) is 5.92 Å². The van der Waals surface area contributed by atoms with E-state index in [-0.39, 0.29) is 0 Å². The summed E-state index contributed by atoms with van der Waals surface area (Å²) in [7, 11) is 0. The molecule has 0 N–H and O–H groups in total. The van der Waals surface area contributed by atoms with Crippen LogP contribution >= 0.6 is 0 Å². The first kappa shape index (κ1) is 15.3. The summed E-state index contributed by atoms with van der Waals surface area (Å²) in [5.74, 6) is 1.46. The first-order chi connectivity index (χ1) is 7.61. The van der Waals surface area contributed by atoms with Crippen molar-refractivity contribution in [1.29, 1.82) is 0 Å². The molecule has 0 radical (unpaired) electrons. The fourth-order valence-electron chi connectivity index (χ4n) is 1.99. The Balaban J connectivity index is 3.67. The van der Waals surface area contributed by atoms with Crippen molar-refractivity contribution in [2.24, 2.45) is 11.8 Å². The quantitative estimate of drug-likeness (QED) is 0.355. The van der Waals surface area contributed by atoms with Gasteiger partial charge in [0.1, 0.15) is 0 Å². The smallest absolute Gasteiger partial charge is 0.0194 e. The van der Waals surface area contributed by atoms with Gasteiger partial charge in [-0.15, -0.1) is 5.73 Å². The van der Waals surface area contributed by atoms with Crippen LogP contribution in [0.2, 0.25) is 0 Å². The number of rotatable bonds is 9. The fraction of sp³-hybridized carbons (Fsp3) is 0.688. The maximum Gasteiger partial charge on any atom is -0.0194 e. The Bertz CT molecular complexity index is 230. The topological polar surface area (TPSA) is 0 Å². The molecule has 0 spiro atoms. The maximum absolute atomic E-state index is 4.18. The third kappa shape index (κ3) is 7.54. The molecule has 0 saturated heterocycles. The van der Waals surface area contributed by atoms with E-state index in [2.05, 4.69) is 39.7 Å². The highest BCUT2D eigenvalue weighted by atomic mass is 14.1. The van der Waals surface area contributed by atoms with Crippen LogP contribution in [0.4, 0.5) is 0 Å². The lowest BCUT2D eigenvalue weighted by molar-refractivity contribution is 0.463. The fourth-order valence-corrected chi connectivity index (χ4v) is 1.99. The molecule has 0 aliphatic heterocycles. The van der Waals surface area contributed by atoms with Crippen molar-refractivity contribution >= 4 is 0 Å². The van der Waals surface area contributed by atoms with Crippen LogP contribution in [-0.2, 0) is 0 Å². The van der Waals surface area contributed by atoms with Crippen LogP contribution in [0.25, 0.3) is 0 Å². The zero-order valence-corrected chi connectivity index (χ0v) is 11.4. The van der Waals surface area contributed by atoms with E-state index in [4.69, 9.17) is 0 Å². The van der Waals surface area contributed by atoms with Gasteiger partial charge in [0.25, 0.3) is 0 Å². The largest absolute Gasteiger partial charge is 0.133 e. The highest BCUT2D eigenvalue weighted by Gasteiger charge is 2.06. The Labute approximate surface area is 102 Å². The Morgan fingerprint density at radius 2 is 2.00 bits per heavy atom. The molecular formula is C16H28. The molecular weight excluding hydrogens is 192 g/mol. The number of allylic oxidation sites excluding steroid dienone is 2. The highest BCUT2D eigenvalue weighted by molar-refractivity contribution is 5.01. The van der Waals surface area contributed by atoms with Crippen LogP contribution in [0.5, 0.6) is 0 Å². The first-order valence-electron chi connectivity index (χ1n) is 6.63. The zero-order chi connectivity index (χ0) is 12.4. The van der Waals surface area contributed by atoms with Crippen molar-refractivity contribution in [3.8, 4) is 0 Å². The van der Waals surface area contributed by atoms with E-state index in [1.165, 1.54) is 37.7 Å². The van der Waals surface area contributed by atoms with E-state index in [0.717, 1.165) is 12.3 Å². The molecule has 0 aromatic heterocycles. The van der Waals surface area contributed by atoms with Crippen LogP contribution in [0.3, 0.4) is 0 Å². The predicted molar refractivity (Wildman–Crippen MR) is 74.6 cm³/mol. The normalized spacial score (nSPS) is 13.9.